The Morgan fingerprint density at radius 3 is 2.95 bits per heavy atom. The van der Waals surface area contributed by atoms with Crippen LogP contribution in [0.3, 0.4) is 0 Å². The number of phenols is 1. The molecule has 5 nitrogen and oxygen atoms in total. The van der Waals surface area contributed by atoms with Gasteiger partial charge in [-0.2, -0.15) is 5.10 Å². The summed E-state index contributed by atoms with van der Waals surface area (Å²) in [5.74, 6) is 0.290. The molecule has 1 atom stereocenters. The number of phenolic OH excluding ortho intramolecular Hbond substituents is 1. The molecule has 0 amide bonds. The predicted octanol–water partition coefficient (Wildman–Crippen LogP) is 2.38. The van der Waals surface area contributed by atoms with Gasteiger partial charge in [-0.1, -0.05) is 12.1 Å². The molecule has 20 heavy (non-hydrogen) atoms. The van der Waals surface area contributed by atoms with Crippen LogP contribution >= 0.6 is 0 Å². The summed E-state index contributed by atoms with van der Waals surface area (Å²) in [7, 11) is 0. The maximum Gasteiger partial charge on any atom is 0.115 e. The first-order valence-electron chi connectivity index (χ1n) is 6.95. The number of aromatic nitrogens is 2. The van der Waals surface area contributed by atoms with Crippen molar-refractivity contribution in [3.05, 3.63) is 42.2 Å². The lowest BCUT2D eigenvalue weighted by molar-refractivity contribution is 0.0940. The summed E-state index contributed by atoms with van der Waals surface area (Å²) in [5, 5.41) is 16.9. The quantitative estimate of drug-likeness (QED) is 0.878. The smallest absolute Gasteiger partial charge is 0.115 e. The highest BCUT2D eigenvalue weighted by Gasteiger charge is 2.16. The van der Waals surface area contributed by atoms with Crippen molar-refractivity contribution in [3.63, 3.8) is 0 Å². The normalized spacial score (nSPS) is 18.3. The zero-order valence-electron chi connectivity index (χ0n) is 11.3. The number of rotatable bonds is 5. The molecule has 3 rings (SSSR count). The van der Waals surface area contributed by atoms with Crippen molar-refractivity contribution in [1.29, 1.82) is 0 Å². The van der Waals surface area contributed by atoms with Gasteiger partial charge in [0.2, 0.25) is 0 Å². The molecule has 2 aromatic rings. The fraction of sp³-hybridized carbons (Fsp3) is 0.400. The van der Waals surface area contributed by atoms with Crippen molar-refractivity contribution in [2.45, 2.75) is 32.0 Å². The van der Waals surface area contributed by atoms with Crippen molar-refractivity contribution in [2.24, 2.45) is 0 Å². The summed E-state index contributed by atoms with van der Waals surface area (Å²) in [6.07, 6.45) is 6.41. The molecule has 0 spiro atoms. The molecule has 0 saturated carbocycles. The Morgan fingerprint density at radius 2 is 2.20 bits per heavy atom. The van der Waals surface area contributed by atoms with Crippen molar-refractivity contribution in [1.82, 2.24) is 9.78 Å². The Balaban J connectivity index is 1.52. The summed E-state index contributed by atoms with van der Waals surface area (Å²) >= 11 is 0. The summed E-state index contributed by atoms with van der Waals surface area (Å²) < 4.78 is 7.53. The largest absolute Gasteiger partial charge is 0.508 e. The van der Waals surface area contributed by atoms with Gasteiger partial charge in [0.15, 0.2) is 0 Å². The number of hydrogen-bond acceptors (Lipinski definition) is 4. The maximum absolute atomic E-state index is 9.24. The Hall–Kier alpha value is -2.01. The monoisotopic (exact) mass is 273 g/mol. The first-order valence-corrected chi connectivity index (χ1v) is 6.95. The molecule has 106 valence electrons. The van der Waals surface area contributed by atoms with Crippen molar-refractivity contribution in [2.75, 3.05) is 11.9 Å². The summed E-state index contributed by atoms with van der Waals surface area (Å²) in [5.41, 5.74) is 2.12. The standard InChI is InChI=1S/C15H19N3O2/c19-14-5-3-12(4-6-14)8-16-13-9-17-18(10-13)11-15-2-1-7-20-15/h3-6,9-10,15-16,19H,1-2,7-8,11H2. The van der Waals surface area contributed by atoms with Crippen LogP contribution in [-0.4, -0.2) is 27.6 Å². The van der Waals surface area contributed by atoms with Crippen molar-refractivity contribution < 1.29 is 9.84 Å². The molecular formula is C15H19N3O2. The third-order valence-corrected chi connectivity index (χ3v) is 3.48. The number of aromatic hydroxyl groups is 1. The number of hydrogen-bond donors (Lipinski definition) is 2. The highest BCUT2D eigenvalue weighted by Crippen LogP contribution is 2.16. The van der Waals surface area contributed by atoms with Gasteiger partial charge in [-0.3, -0.25) is 4.68 Å². The van der Waals surface area contributed by atoms with Crippen LogP contribution < -0.4 is 5.32 Å². The Morgan fingerprint density at radius 1 is 1.35 bits per heavy atom. The lowest BCUT2D eigenvalue weighted by atomic mass is 10.2. The minimum Gasteiger partial charge on any atom is -0.508 e. The number of nitrogens with zero attached hydrogens (tertiary/aromatic N) is 2. The van der Waals surface area contributed by atoms with Crippen LogP contribution in [0.2, 0.25) is 0 Å². The fourth-order valence-electron chi connectivity index (χ4n) is 2.37. The van der Waals surface area contributed by atoms with Crippen LogP contribution in [0.25, 0.3) is 0 Å². The topological polar surface area (TPSA) is 59.3 Å². The van der Waals surface area contributed by atoms with Gasteiger partial charge in [-0.05, 0) is 30.5 Å². The van der Waals surface area contributed by atoms with E-state index in [0.29, 0.717) is 12.6 Å². The molecular weight excluding hydrogens is 254 g/mol. The SMILES string of the molecule is Oc1ccc(CNc2cnn(CC3CCCO3)c2)cc1. The first-order chi connectivity index (χ1) is 9.79. The lowest BCUT2D eigenvalue weighted by Gasteiger charge is -2.08. The van der Waals surface area contributed by atoms with E-state index in [1.54, 1.807) is 12.1 Å². The summed E-state index contributed by atoms with van der Waals surface area (Å²) in [4.78, 5) is 0. The maximum atomic E-state index is 9.24. The second kappa shape index (κ2) is 5.96. The minimum absolute atomic E-state index is 0.290. The van der Waals surface area contributed by atoms with Gasteiger partial charge in [-0.25, -0.2) is 0 Å². The summed E-state index contributed by atoms with van der Waals surface area (Å²) in [6, 6.07) is 7.19. The fourth-order valence-corrected chi connectivity index (χ4v) is 2.37. The van der Waals surface area contributed by atoms with Crippen LogP contribution in [0.5, 0.6) is 5.75 Å². The minimum atomic E-state index is 0.290. The zero-order valence-corrected chi connectivity index (χ0v) is 11.3. The molecule has 0 aliphatic carbocycles. The molecule has 1 unspecified atom stereocenters. The number of benzene rings is 1. The molecule has 2 heterocycles. The zero-order chi connectivity index (χ0) is 13.8. The van der Waals surface area contributed by atoms with E-state index in [1.807, 2.05) is 29.2 Å². The Labute approximate surface area is 118 Å². The Kier molecular flexibility index (Phi) is 3.87. The van der Waals surface area contributed by atoms with E-state index in [0.717, 1.165) is 37.2 Å². The number of ether oxygens (including phenoxy) is 1. The van der Waals surface area contributed by atoms with Crippen LogP contribution in [-0.2, 0) is 17.8 Å². The van der Waals surface area contributed by atoms with Crippen LogP contribution in [0.4, 0.5) is 5.69 Å². The molecule has 1 aliphatic rings. The first kappa shape index (κ1) is 13.0. The molecule has 5 heteroatoms. The van der Waals surface area contributed by atoms with Crippen LogP contribution in [0.1, 0.15) is 18.4 Å². The summed E-state index contributed by atoms with van der Waals surface area (Å²) in [6.45, 7) is 2.41. The van der Waals surface area contributed by atoms with Gasteiger partial charge >= 0.3 is 0 Å². The van der Waals surface area contributed by atoms with E-state index < -0.39 is 0 Å². The van der Waals surface area contributed by atoms with E-state index in [1.165, 1.54) is 0 Å². The van der Waals surface area contributed by atoms with Crippen LogP contribution in [0.15, 0.2) is 36.7 Å². The molecule has 2 N–H and O–H groups in total. The lowest BCUT2D eigenvalue weighted by Crippen LogP contribution is -2.15. The third-order valence-electron chi connectivity index (χ3n) is 3.48. The van der Waals surface area contributed by atoms with E-state index in [-0.39, 0.29) is 5.75 Å². The molecule has 0 radical (unpaired) electrons. The van der Waals surface area contributed by atoms with Gasteiger partial charge in [0.05, 0.1) is 24.5 Å². The molecule has 0 bridgehead atoms. The number of nitrogens with one attached hydrogen (secondary N) is 1. The van der Waals surface area contributed by atoms with Crippen molar-refractivity contribution >= 4 is 5.69 Å². The molecule has 1 fully saturated rings. The van der Waals surface area contributed by atoms with E-state index in [4.69, 9.17) is 4.74 Å². The Bertz CT molecular complexity index is 545. The van der Waals surface area contributed by atoms with Gasteiger partial charge < -0.3 is 15.2 Å². The van der Waals surface area contributed by atoms with Gasteiger partial charge in [0.25, 0.3) is 0 Å². The van der Waals surface area contributed by atoms with E-state index >= 15 is 0 Å². The second-order valence-corrected chi connectivity index (χ2v) is 5.11. The average molecular weight is 273 g/mol. The van der Waals surface area contributed by atoms with E-state index in [9.17, 15) is 5.11 Å². The molecule has 1 aliphatic heterocycles. The second-order valence-electron chi connectivity index (χ2n) is 5.11. The molecule has 1 aromatic heterocycles. The van der Waals surface area contributed by atoms with Crippen LogP contribution in [0, 0.1) is 0 Å². The van der Waals surface area contributed by atoms with E-state index in [2.05, 4.69) is 10.4 Å². The third kappa shape index (κ3) is 3.30. The van der Waals surface area contributed by atoms with Gasteiger partial charge in [0, 0.05) is 19.3 Å². The number of anilines is 1. The highest BCUT2D eigenvalue weighted by atomic mass is 16.5. The predicted molar refractivity (Wildman–Crippen MR) is 76.6 cm³/mol. The van der Waals surface area contributed by atoms with Gasteiger partial charge in [-0.15, -0.1) is 0 Å². The average Bonchev–Trinajstić information content (AvgIpc) is 3.11. The molecule has 1 saturated heterocycles. The molecule has 1 aromatic carbocycles. The van der Waals surface area contributed by atoms with Crippen molar-refractivity contribution in [3.8, 4) is 5.75 Å². The highest BCUT2D eigenvalue weighted by molar-refractivity contribution is 5.39. The van der Waals surface area contributed by atoms with Gasteiger partial charge in [0.1, 0.15) is 5.75 Å².